The molecule has 1 unspecified atom stereocenters. The highest BCUT2D eigenvalue weighted by Gasteiger charge is 2.08. The molecule has 0 heterocycles. The number of hydrogen-bond donors (Lipinski definition) is 1. The quantitative estimate of drug-likeness (QED) is 0.271. The summed E-state index contributed by atoms with van der Waals surface area (Å²) in [6.07, 6.45) is 22.0. The Morgan fingerprint density at radius 1 is 0.609 bits per heavy atom. The topological polar surface area (TPSA) is 35.2 Å². The zero-order valence-electron chi connectivity index (χ0n) is 16.3. The first kappa shape index (κ1) is 22.9. The molecule has 0 saturated carbocycles. The second-order valence-electron chi connectivity index (χ2n) is 7.10. The van der Waals surface area contributed by atoms with Gasteiger partial charge in [0.15, 0.2) is 0 Å². The van der Waals surface area contributed by atoms with Crippen molar-refractivity contribution in [2.45, 2.75) is 123 Å². The fraction of sp³-hybridized carbons (Fsp3) is 1.00. The van der Waals surface area contributed by atoms with E-state index in [2.05, 4.69) is 13.8 Å². The number of hydrogen-bond acceptors (Lipinski definition) is 2. The standard InChI is InChI=1S/C21H45NO/c1-3-5-7-9-11-13-15-18-21(23-20-16-19-22)17-14-12-10-8-6-4-2/h21H,3-20,22H2,1-2H3. The van der Waals surface area contributed by atoms with Gasteiger partial charge in [-0.2, -0.15) is 0 Å². The number of unbranched alkanes of at least 4 members (excludes halogenated alkanes) is 11. The molecule has 2 heteroatoms. The first-order valence-corrected chi connectivity index (χ1v) is 10.7. The maximum Gasteiger partial charge on any atom is 0.0575 e. The molecule has 0 aliphatic heterocycles. The van der Waals surface area contributed by atoms with Crippen molar-refractivity contribution in [1.82, 2.24) is 0 Å². The fourth-order valence-electron chi connectivity index (χ4n) is 3.13. The third-order valence-electron chi connectivity index (χ3n) is 4.71. The number of rotatable bonds is 19. The van der Waals surface area contributed by atoms with E-state index in [1.807, 2.05) is 0 Å². The van der Waals surface area contributed by atoms with Crippen LogP contribution in [0.2, 0.25) is 0 Å². The molecule has 0 aromatic carbocycles. The van der Waals surface area contributed by atoms with Crippen LogP contribution < -0.4 is 5.73 Å². The molecule has 0 rings (SSSR count). The van der Waals surface area contributed by atoms with E-state index in [1.54, 1.807) is 0 Å². The monoisotopic (exact) mass is 327 g/mol. The van der Waals surface area contributed by atoms with Crippen molar-refractivity contribution in [2.75, 3.05) is 13.2 Å². The largest absolute Gasteiger partial charge is 0.378 e. The predicted octanol–water partition coefficient (Wildman–Crippen LogP) is 6.61. The van der Waals surface area contributed by atoms with Gasteiger partial charge in [0.05, 0.1) is 6.10 Å². The van der Waals surface area contributed by atoms with Gasteiger partial charge in [-0.1, -0.05) is 97.3 Å². The summed E-state index contributed by atoms with van der Waals surface area (Å²) in [5, 5.41) is 0. The second kappa shape index (κ2) is 20.0. The minimum Gasteiger partial charge on any atom is -0.378 e. The molecule has 140 valence electrons. The van der Waals surface area contributed by atoms with E-state index >= 15 is 0 Å². The van der Waals surface area contributed by atoms with E-state index in [1.165, 1.54) is 96.3 Å². The van der Waals surface area contributed by atoms with Gasteiger partial charge in [0, 0.05) is 6.61 Å². The van der Waals surface area contributed by atoms with E-state index < -0.39 is 0 Å². The average Bonchev–Trinajstić information content (AvgIpc) is 2.56. The van der Waals surface area contributed by atoms with E-state index in [0.29, 0.717) is 6.10 Å². The lowest BCUT2D eigenvalue weighted by molar-refractivity contribution is 0.0376. The predicted molar refractivity (Wildman–Crippen MR) is 104 cm³/mol. The third kappa shape index (κ3) is 18.1. The smallest absolute Gasteiger partial charge is 0.0575 e. The van der Waals surface area contributed by atoms with Crippen LogP contribution in [0.15, 0.2) is 0 Å². The highest BCUT2D eigenvalue weighted by Crippen LogP contribution is 2.17. The molecule has 0 amide bonds. The van der Waals surface area contributed by atoms with Crippen molar-refractivity contribution >= 4 is 0 Å². The van der Waals surface area contributed by atoms with Gasteiger partial charge in [-0.05, 0) is 25.8 Å². The lowest BCUT2D eigenvalue weighted by atomic mass is 10.0. The molecule has 1 atom stereocenters. The Hall–Kier alpha value is -0.0800. The van der Waals surface area contributed by atoms with Gasteiger partial charge < -0.3 is 10.5 Å². The Labute approximate surface area is 146 Å². The molecule has 2 nitrogen and oxygen atoms in total. The summed E-state index contributed by atoms with van der Waals surface area (Å²) in [4.78, 5) is 0. The van der Waals surface area contributed by atoms with Crippen LogP contribution in [0.3, 0.4) is 0 Å². The maximum absolute atomic E-state index is 6.08. The van der Waals surface area contributed by atoms with Crippen LogP contribution >= 0.6 is 0 Å². The summed E-state index contributed by atoms with van der Waals surface area (Å²) in [6.45, 7) is 6.17. The Kier molecular flexibility index (Phi) is 19.9. The van der Waals surface area contributed by atoms with Crippen LogP contribution in [0.4, 0.5) is 0 Å². The first-order valence-electron chi connectivity index (χ1n) is 10.7. The molecule has 2 N–H and O–H groups in total. The molecule has 0 aliphatic rings. The Morgan fingerprint density at radius 2 is 1.04 bits per heavy atom. The molecular weight excluding hydrogens is 282 g/mol. The van der Waals surface area contributed by atoms with Gasteiger partial charge in [0.2, 0.25) is 0 Å². The van der Waals surface area contributed by atoms with Gasteiger partial charge >= 0.3 is 0 Å². The Bertz CT molecular complexity index is 208. The minimum atomic E-state index is 0.489. The highest BCUT2D eigenvalue weighted by molar-refractivity contribution is 4.60. The summed E-state index contributed by atoms with van der Waals surface area (Å²) in [5.74, 6) is 0. The van der Waals surface area contributed by atoms with E-state index in [-0.39, 0.29) is 0 Å². The van der Waals surface area contributed by atoms with Crippen molar-refractivity contribution in [3.63, 3.8) is 0 Å². The molecule has 0 fully saturated rings. The SMILES string of the molecule is CCCCCCCCCC(CCCCCCCC)OCCCN. The van der Waals surface area contributed by atoms with Crippen LogP contribution in [0, 0.1) is 0 Å². The third-order valence-corrected chi connectivity index (χ3v) is 4.71. The first-order chi connectivity index (χ1) is 11.3. The van der Waals surface area contributed by atoms with Crippen molar-refractivity contribution in [2.24, 2.45) is 5.73 Å². The molecular formula is C21H45NO. The zero-order chi connectivity index (χ0) is 17.0. The van der Waals surface area contributed by atoms with Crippen molar-refractivity contribution in [3.8, 4) is 0 Å². The lowest BCUT2D eigenvalue weighted by Crippen LogP contribution is -2.16. The Balaban J connectivity index is 3.64. The van der Waals surface area contributed by atoms with Gasteiger partial charge in [0.1, 0.15) is 0 Å². The Morgan fingerprint density at radius 3 is 1.48 bits per heavy atom. The average molecular weight is 328 g/mol. The van der Waals surface area contributed by atoms with Crippen LogP contribution in [0.5, 0.6) is 0 Å². The molecule has 0 aromatic rings. The van der Waals surface area contributed by atoms with Crippen molar-refractivity contribution in [3.05, 3.63) is 0 Å². The summed E-state index contributed by atoms with van der Waals surface area (Å²) in [5.41, 5.74) is 5.58. The van der Waals surface area contributed by atoms with E-state index in [9.17, 15) is 0 Å². The fourth-order valence-corrected chi connectivity index (χ4v) is 3.13. The van der Waals surface area contributed by atoms with Gasteiger partial charge in [-0.25, -0.2) is 0 Å². The summed E-state index contributed by atoms with van der Waals surface area (Å²) >= 11 is 0. The molecule has 0 spiro atoms. The molecule has 0 saturated heterocycles. The molecule has 0 radical (unpaired) electrons. The van der Waals surface area contributed by atoms with Gasteiger partial charge in [-0.15, -0.1) is 0 Å². The van der Waals surface area contributed by atoms with Crippen LogP contribution in [0.25, 0.3) is 0 Å². The molecule has 23 heavy (non-hydrogen) atoms. The summed E-state index contributed by atoms with van der Waals surface area (Å²) in [7, 11) is 0. The molecule has 0 aliphatic carbocycles. The summed E-state index contributed by atoms with van der Waals surface area (Å²) in [6, 6.07) is 0. The number of ether oxygens (including phenoxy) is 1. The van der Waals surface area contributed by atoms with Gasteiger partial charge in [-0.3, -0.25) is 0 Å². The van der Waals surface area contributed by atoms with Crippen LogP contribution in [0.1, 0.15) is 117 Å². The normalized spacial score (nSPS) is 12.7. The van der Waals surface area contributed by atoms with Gasteiger partial charge in [0.25, 0.3) is 0 Å². The highest BCUT2D eigenvalue weighted by atomic mass is 16.5. The van der Waals surface area contributed by atoms with E-state index in [4.69, 9.17) is 10.5 Å². The lowest BCUT2D eigenvalue weighted by Gasteiger charge is -2.18. The maximum atomic E-state index is 6.08. The second-order valence-corrected chi connectivity index (χ2v) is 7.10. The van der Waals surface area contributed by atoms with Crippen LogP contribution in [-0.4, -0.2) is 19.3 Å². The minimum absolute atomic E-state index is 0.489. The van der Waals surface area contributed by atoms with Crippen molar-refractivity contribution in [1.29, 1.82) is 0 Å². The number of nitrogens with two attached hydrogens (primary N) is 1. The summed E-state index contributed by atoms with van der Waals surface area (Å²) < 4.78 is 6.08. The molecule has 0 bridgehead atoms. The molecule has 0 aromatic heterocycles. The zero-order valence-corrected chi connectivity index (χ0v) is 16.3. The van der Waals surface area contributed by atoms with E-state index in [0.717, 1.165) is 19.6 Å². The van der Waals surface area contributed by atoms with Crippen LogP contribution in [-0.2, 0) is 4.74 Å². The van der Waals surface area contributed by atoms with Crippen molar-refractivity contribution < 1.29 is 4.74 Å².